The molecule has 1 aliphatic rings. The molecular weight excluding hydrogens is 184 g/mol. The number of aliphatic imine (C=N–C) groups is 1. The Morgan fingerprint density at radius 3 is 2.47 bits per heavy atom. The van der Waals surface area contributed by atoms with Gasteiger partial charge < -0.3 is 4.90 Å². The van der Waals surface area contributed by atoms with Crippen LogP contribution in [0.15, 0.2) is 17.1 Å². The van der Waals surface area contributed by atoms with E-state index < -0.39 is 0 Å². The summed E-state index contributed by atoms with van der Waals surface area (Å²) in [5.74, 6) is 1.77. The average molecular weight is 208 g/mol. The van der Waals surface area contributed by atoms with Crippen LogP contribution in [0.1, 0.15) is 41.0 Å². The zero-order valence-electron chi connectivity index (χ0n) is 10.7. The van der Waals surface area contributed by atoms with Gasteiger partial charge in [-0.25, -0.2) is 0 Å². The van der Waals surface area contributed by atoms with Gasteiger partial charge in [-0.1, -0.05) is 26.0 Å². The number of amidine groups is 1. The maximum Gasteiger partial charge on any atom is 0.102 e. The van der Waals surface area contributed by atoms with E-state index >= 15 is 0 Å². The summed E-state index contributed by atoms with van der Waals surface area (Å²) in [6.07, 6.45) is 5.53. The second-order valence-corrected chi connectivity index (χ2v) is 5.44. The largest absolute Gasteiger partial charge is 0.355 e. The monoisotopic (exact) mass is 208 g/mol. The second kappa shape index (κ2) is 4.82. The van der Waals surface area contributed by atoms with Crippen LogP contribution in [0.4, 0.5) is 0 Å². The van der Waals surface area contributed by atoms with Crippen molar-refractivity contribution in [1.29, 1.82) is 0 Å². The predicted octanol–water partition coefficient (Wildman–Crippen LogP) is 3.10. The predicted molar refractivity (Wildman–Crippen MR) is 67.4 cm³/mol. The van der Waals surface area contributed by atoms with Gasteiger partial charge in [0.2, 0.25) is 0 Å². The first-order chi connectivity index (χ1) is 6.93. The van der Waals surface area contributed by atoms with Crippen LogP contribution in [0.5, 0.6) is 0 Å². The number of hydrogen-bond donors (Lipinski definition) is 0. The van der Waals surface area contributed by atoms with E-state index in [-0.39, 0.29) is 5.54 Å². The molecule has 1 heterocycles. The number of hydrogen-bond acceptors (Lipinski definition) is 2. The Labute approximate surface area is 94.1 Å². The minimum Gasteiger partial charge on any atom is -0.355 e. The molecule has 0 spiro atoms. The molecule has 0 aromatic heterocycles. The van der Waals surface area contributed by atoms with E-state index in [1.807, 2.05) is 0 Å². The van der Waals surface area contributed by atoms with Gasteiger partial charge in [0.05, 0.1) is 6.54 Å². The van der Waals surface area contributed by atoms with Gasteiger partial charge in [0.25, 0.3) is 0 Å². The summed E-state index contributed by atoms with van der Waals surface area (Å²) in [6, 6.07) is 0. The van der Waals surface area contributed by atoms with Crippen molar-refractivity contribution in [3.63, 3.8) is 0 Å². The quantitative estimate of drug-likeness (QED) is 0.605. The number of rotatable bonds is 1. The molecule has 0 bridgehead atoms. The highest BCUT2D eigenvalue weighted by molar-refractivity contribution is 5.85. The molecule has 0 N–H and O–H groups in total. The van der Waals surface area contributed by atoms with Crippen molar-refractivity contribution in [2.75, 3.05) is 13.1 Å². The van der Waals surface area contributed by atoms with Crippen molar-refractivity contribution in [2.24, 2.45) is 10.9 Å². The fourth-order valence-corrected chi connectivity index (χ4v) is 1.92. The summed E-state index contributed by atoms with van der Waals surface area (Å²) in [4.78, 5) is 7.13. The maximum absolute atomic E-state index is 4.69. The summed E-state index contributed by atoms with van der Waals surface area (Å²) in [5, 5.41) is 0. The van der Waals surface area contributed by atoms with Crippen molar-refractivity contribution in [1.82, 2.24) is 4.90 Å². The Kier molecular flexibility index (Phi) is 3.95. The minimum absolute atomic E-state index is 0.175. The van der Waals surface area contributed by atoms with Crippen molar-refractivity contribution in [2.45, 2.75) is 46.6 Å². The fourth-order valence-electron chi connectivity index (χ4n) is 1.92. The van der Waals surface area contributed by atoms with Crippen molar-refractivity contribution < 1.29 is 0 Å². The normalized spacial score (nSPS) is 24.4. The van der Waals surface area contributed by atoms with Gasteiger partial charge in [-0.2, -0.15) is 0 Å². The SMILES string of the molecule is CC(C)/C1=N/C/C=C\CCN1C(C)(C)C. The molecule has 0 atom stereocenters. The lowest BCUT2D eigenvalue weighted by molar-refractivity contribution is 0.230. The summed E-state index contributed by atoms with van der Waals surface area (Å²) >= 11 is 0. The zero-order valence-corrected chi connectivity index (χ0v) is 10.7. The molecule has 0 aromatic rings. The van der Waals surface area contributed by atoms with Crippen LogP contribution in [0.25, 0.3) is 0 Å². The Morgan fingerprint density at radius 1 is 1.27 bits per heavy atom. The molecule has 0 aliphatic carbocycles. The van der Waals surface area contributed by atoms with E-state index in [4.69, 9.17) is 0 Å². The first kappa shape index (κ1) is 12.3. The molecule has 0 radical (unpaired) electrons. The molecule has 86 valence electrons. The first-order valence-corrected chi connectivity index (χ1v) is 5.90. The molecule has 2 nitrogen and oxygen atoms in total. The van der Waals surface area contributed by atoms with Gasteiger partial charge in [0.15, 0.2) is 0 Å². The van der Waals surface area contributed by atoms with Crippen LogP contribution >= 0.6 is 0 Å². The molecule has 1 aliphatic heterocycles. The molecule has 1 rings (SSSR count). The Hall–Kier alpha value is -0.790. The van der Waals surface area contributed by atoms with Crippen molar-refractivity contribution >= 4 is 5.84 Å². The lowest BCUT2D eigenvalue weighted by Crippen LogP contribution is -2.48. The minimum atomic E-state index is 0.175. The third kappa shape index (κ3) is 3.37. The molecular formula is C13H24N2. The van der Waals surface area contributed by atoms with E-state index in [1.54, 1.807) is 0 Å². The maximum atomic E-state index is 4.69. The van der Waals surface area contributed by atoms with Gasteiger partial charge in [-0.3, -0.25) is 4.99 Å². The van der Waals surface area contributed by atoms with Crippen LogP contribution in [-0.4, -0.2) is 29.4 Å². The van der Waals surface area contributed by atoms with Crippen LogP contribution in [-0.2, 0) is 0 Å². The van der Waals surface area contributed by atoms with E-state index in [9.17, 15) is 0 Å². The molecule has 0 unspecified atom stereocenters. The Bertz CT molecular complexity index is 256. The fraction of sp³-hybridized carbons (Fsp3) is 0.769. The van der Waals surface area contributed by atoms with Crippen LogP contribution in [0.3, 0.4) is 0 Å². The third-order valence-corrected chi connectivity index (χ3v) is 2.65. The van der Waals surface area contributed by atoms with Gasteiger partial charge in [-0.15, -0.1) is 0 Å². The highest BCUT2D eigenvalue weighted by atomic mass is 15.2. The summed E-state index contributed by atoms with van der Waals surface area (Å²) < 4.78 is 0. The molecule has 0 fully saturated rings. The van der Waals surface area contributed by atoms with E-state index in [0.29, 0.717) is 5.92 Å². The van der Waals surface area contributed by atoms with Gasteiger partial charge in [-0.05, 0) is 27.2 Å². The van der Waals surface area contributed by atoms with Crippen LogP contribution < -0.4 is 0 Å². The first-order valence-electron chi connectivity index (χ1n) is 5.90. The van der Waals surface area contributed by atoms with Gasteiger partial charge in [0, 0.05) is 18.0 Å². The molecule has 0 aromatic carbocycles. The molecule has 0 saturated heterocycles. The summed E-state index contributed by atoms with van der Waals surface area (Å²) in [5.41, 5.74) is 0.175. The molecule has 15 heavy (non-hydrogen) atoms. The standard InChI is InChI=1S/C13H24N2/c1-11(2)12-14-9-7-6-8-10-15(12)13(3,4)5/h6-7,11H,8-10H2,1-5H3/b7-6-,14-12-. The highest BCUT2D eigenvalue weighted by Crippen LogP contribution is 2.19. The summed E-state index contributed by atoms with van der Waals surface area (Å²) in [6.45, 7) is 13.1. The second-order valence-electron chi connectivity index (χ2n) is 5.44. The van der Waals surface area contributed by atoms with E-state index in [1.165, 1.54) is 5.84 Å². The molecule has 0 saturated carbocycles. The average Bonchev–Trinajstić information content (AvgIpc) is 1.99. The van der Waals surface area contributed by atoms with E-state index in [0.717, 1.165) is 19.5 Å². The van der Waals surface area contributed by atoms with Crippen LogP contribution in [0.2, 0.25) is 0 Å². The van der Waals surface area contributed by atoms with Crippen molar-refractivity contribution in [3.8, 4) is 0 Å². The van der Waals surface area contributed by atoms with E-state index in [2.05, 4.69) is 56.7 Å². The number of nitrogens with zero attached hydrogens (tertiary/aromatic N) is 2. The van der Waals surface area contributed by atoms with Crippen molar-refractivity contribution in [3.05, 3.63) is 12.2 Å². The Morgan fingerprint density at radius 2 is 1.93 bits per heavy atom. The Balaban J connectivity index is 2.94. The smallest absolute Gasteiger partial charge is 0.102 e. The topological polar surface area (TPSA) is 15.6 Å². The van der Waals surface area contributed by atoms with Gasteiger partial charge in [0.1, 0.15) is 5.84 Å². The zero-order chi connectivity index (χ0) is 11.5. The molecule has 0 amide bonds. The summed E-state index contributed by atoms with van der Waals surface area (Å²) in [7, 11) is 0. The lowest BCUT2D eigenvalue weighted by Gasteiger charge is -2.40. The third-order valence-electron chi connectivity index (χ3n) is 2.65. The van der Waals surface area contributed by atoms with Crippen LogP contribution in [0, 0.1) is 5.92 Å². The highest BCUT2D eigenvalue weighted by Gasteiger charge is 2.25. The van der Waals surface area contributed by atoms with Gasteiger partial charge >= 0.3 is 0 Å². The lowest BCUT2D eigenvalue weighted by atomic mass is 10.0. The molecule has 2 heteroatoms.